The molecule has 0 radical (unpaired) electrons. The fourth-order valence-corrected chi connectivity index (χ4v) is 2.27. The van der Waals surface area contributed by atoms with Gasteiger partial charge < -0.3 is 15.1 Å². The van der Waals surface area contributed by atoms with Crippen molar-refractivity contribution in [3.05, 3.63) is 0 Å². The maximum Gasteiger partial charge on any atom is 0.307 e. The zero-order chi connectivity index (χ0) is 12.1. The van der Waals surface area contributed by atoms with Crippen molar-refractivity contribution in [1.29, 1.82) is 0 Å². The Morgan fingerprint density at radius 1 is 1.25 bits per heavy atom. The van der Waals surface area contributed by atoms with Crippen LogP contribution in [0, 0.1) is 11.8 Å². The molecule has 0 bridgehead atoms. The molecule has 1 amide bonds. The van der Waals surface area contributed by atoms with Gasteiger partial charge in [-0.25, -0.2) is 0 Å². The molecule has 0 aromatic rings. The zero-order valence-corrected chi connectivity index (χ0v) is 9.56. The van der Waals surface area contributed by atoms with Crippen LogP contribution in [0.5, 0.6) is 0 Å². The average Bonchev–Trinajstić information content (AvgIpc) is 2.28. The number of nitrogens with zero attached hydrogens (tertiary/aromatic N) is 1. The monoisotopic (exact) mass is 229 g/mol. The summed E-state index contributed by atoms with van der Waals surface area (Å²) in [4.78, 5) is 24.4. The summed E-state index contributed by atoms with van der Waals surface area (Å²) >= 11 is 0. The van der Waals surface area contributed by atoms with E-state index in [1.165, 1.54) is 4.90 Å². The highest BCUT2D eigenvalue weighted by Crippen LogP contribution is 2.31. The van der Waals surface area contributed by atoms with E-state index in [1.807, 2.05) is 0 Å². The van der Waals surface area contributed by atoms with Gasteiger partial charge in [0.05, 0.1) is 18.4 Å². The van der Waals surface area contributed by atoms with Crippen molar-refractivity contribution < 1.29 is 19.8 Å². The van der Waals surface area contributed by atoms with E-state index >= 15 is 0 Å². The number of likely N-dealkylation sites (N-methyl/N-ethyl adjacent to an activating group) is 1. The number of aliphatic hydroxyl groups is 1. The van der Waals surface area contributed by atoms with Gasteiger partial charge in [0.2, 0.25) is 5.91 Å². The second-order valence-corrected chi connectivity index (χ2v) is 4.32. The number of rotatable bonds is 4. The predicted octanol–water partition coefficient (Wildman–Crippen LogP) is 0.328. The Morgan fingerprint density at radius 2 is 1.81 bits per heavy atom. The van der Waals surface area contributed by atoms with Gasteiger partial charge in [-0.1, -0.05) is 12.8 Å². The first-order valence-electron chi connectivity index (χ1n) is 5.66. The first-order chi connectivity index (χ1) is 7.57. The molecule has 2 atom stereocenters. The highest BCUT2D eigenvalue weighted by molar-refractivity contribution is 5.84. The van der Waals surface area contributed by atoms with E-state index in [0.29, 0.717) is 12.8 Å². The highest BCUT2D eigenvalue weighted by atomic mass is 16.4. The van der Waals surface area contributed by atoms with Crippen molar-refractivity contribution in [2.75, 3.05) is 20.2 Å². The molecule has 5 nitrogen and oxygen atoms in total. The molecular weight excluding hydrogens is 210 g/mol. The SMILES string of the molecule is CN(CCO)C(=O)[C@@H]1CCCC[C@@H]1C(=O)O. The van der Waals surface area contributed by atoms with Crippen LogP contribution in [0.15, 0.2) is 0 Å². The minimum atomic E-state index is -0.879. The van der Waals surface area contributed by atoms with E-state index in [2.05, 4.69) is 0 Å². The number of carbonyl (C=O) groups excluding carboxylic acids is 1. The Kier molecular flexibility index (Phi) is 4.73. The third-order valence-corrected chi connectivity index (χ3v) is 3.21. The van der Waals surface area contributed by atoms with E-state index in [1.54, 1.807) is 7.05 Å². The summed E-state index contributed by atoms with van der Waals surface area (Å²) in [6.07, 6.45) is 3.02. The van der Waals surface area contributed by atoms with Gasteiger partial charge in [0, 0.05) is 13.6 Å². The minimum Gasteiger partial charge on any atom is -0.481 e. The van der Waals surface area contributed by atoms with E-state index in [9.17, 15) is 9.59 Å². The van der Waals surface area contributed by atoms with Crippen molar-refractivity contribution in [1.82, 2.24) is 4.90 Å². The van der Waals surface area contributed by atoms with Crippen LogP contribution in [-0.2, 0) is 9.59 Å². The zero-order valence-electron chi connectivity index (χ0n) is 9.56. The van der Waals surface area contributed by atoms with Crippen molar-refractivity contribution >= 4 is 11.9 Å². The molecule has 0 spiro atoms. The lowest BCUT2D eigenvalue weighted by Crippen LogP contribution is -2.41. The molecule has 1 saturated carbocycles. The maximum absolute atomic E-state index is 12.0. The number of amides is 1. The van der Waals surface area contributed by atoms with Gasteiger partial charge >= 0.3 is 5.97 Å². The van der Waals surface area contributed by atoms with Crippen LogP contribution < -0.4 is 0 Å². The Labute approximate surface area is 95.1 Å². The lowest BCUT2D eigenvalue weighted by atomic mass is 9.78. The number of carbonyl (C=O) groups is 2. The summed E-state index contributed by atoms with van der Waals surface area (Å²) in [5.74, 6) is -2.00. The van der Waals surface area contributed by atoms with Gasteiger partial charge in [0.15, 0.2) is 0 Å². The number of hydrogen-bond acceptors (Lipinski definition) is 3. The van der Waals surface area contributed by atoms with Crippen LogP contribution in [0.2, 0.25) is 0 Å². The third-order valence-electron chi connectivity index (χ3n) is 3.21. The number of aliphatic hydroxyl groups excluding tert-OH is 1. The molecule has 1 fully saturated rings. The van der Waals surface area contributed by atoms with E-state index < -0.39 is 17.8 Å². The van der Waals surface area contributed by atoms with Crippen molar-refractivity contribution in [3.63, 3.8) is 0 Å². The summed E-state index contributed by atoms with van der Waals surface area (Å²) < 4.78 is 0. The molecule has 1 aliphatic carbocycles. The highest BCUT2D eigenvalue weighted by Gasteiger charge is 2.36. The largest absolute Gasteiger partial charge is 0.481 e. The topological polar surface area (TPSA) is 77.8 Å². The molecule has 1 rings (SSSR count). The fraction of sp³-hybridized carbons (Fsp3) is 0.818. The Morgan fingerprint density at radius 3 is 2.31 bits per heavy atom. The number of carboxylic acid groups (broad SMARTS) is 1. The normalized spacial score (nSPS) is 25.1. The molecule has 2 N–H and O–H groups in total. The van der Waals surface area contributed by atoms with Crippen LogP contribution in [-0.4, -0.2) is 47.2 Å². The summed E-state index contributed by atoms with van der Waals surface area (Å²) in [5.41, 5.74) is 0. The molecule has 16 heavy (non-hydrogen) atoms. The van der Waals surface area contributed by atoms with Crippen LogP contribution in [0.3, 0.4) is 0 Å². The Hall–Kier alpha value is -1.10. The Bertz CT molecular complexity index is 267. The first-order valence-corrected chi connectivity index (χ1v) is 5.66. The van der Waals surface area contributed by atoms with Crippen LogP contribution in [0.4, 0.5) is 0 Å². The molecule has 0 unspecified atom stereocenters. The van der Waals surface area contributed by atoms with Crippen molar-refractivity contribution in [2.24, 2.45) is 11.8 Å². The molecule has 0 saturated heterocycles. The van der Waals surface area contributed by atoms with E-state index in [-0.39, 0.29) is 19.1 Å². The average molecular weight is 229 g/mol. The minimum absolute atomic E-state index is 0.0906. The first kappa shape index (κ1) is 13.0. The summed E-state index contributed by atoms with van der Waals surface area (Å²) in [6.45, 7) is 0.175. The number of carboxylic acids is 1. The van der Waals surface area contributed by atoms with Gasteiger partial charge in [-0.15, -0.1) is 0 Å². The smallest absolute Gasteiger partial charge is 0.307 e. The molecule has 0 aliphatic heterocycles. The molecule has 0 heterocycles. The lowest BCUT2D eigenvalue weighted by molar-refractivity contribution is -0.151. The van der Waals surface area contributed by atoms with Gasteiger partial charge in [-0.05, 0) is 12.8 Å². The molecule has 92 valence electrons. The maximum atomic E-state index is 12.0. The van der Waals surface area contributed by atoms with Crippen molar-refractivity contribution in [2.45, 2.75) is 25.7 Å². The van der Waals surface area contributed by atoms with Crippen LogP contribution in [0.25, 0.3) is 0 Å². The predicted molar refractivity (Wildman–Crippen MR) is 57.8 cm³/mol. The third kappa shape index (κ3) is 2.95. The summed E-state index contributed by atoms with van der Waals surface area (Å²) in [5, 5.41) is 17.8. The van der Waals surface area contributed by atoms with Gasteiger partial charge in [-0.2, -0.15) is 0 Å². The molecule has 1 aliphatic rings. The fourth-order valence-electron chi connectivity index (χ4n) is 2.27. The number of aliphatic carboxylic acids is 1. The van der Waals surface area contributed by atoms with Gasteiger partial charge in [0.1, 0.15) is 0 Å². The summed E-state index contributed by atoms with van der Waals surface area (Å²) in [6, 6.07) is 0. The van der Waals surface area contributed by atoms with E-state index in [0.717, 1.165) is 12.8 Å². The standard InChI is InChI=1S/C11H19NO4/c1-12(6-7-13)10(14)8-4-2-3-5-9(8)11(15)16/h8-9,13H,2-7H2,1H3,(H,15,16)/t8-,9+/m1/s1. The Balaban J connectivity index is 2.67. The van der Waals surface area contributed by atoms with Gasteiger partial charge in [-0.3, -0.25) is 9.59 Å². The van der Waals surface area contributed by atoms with E-state index in [4.69, 9.17) is 10.2 Å². The number of hydrogen-bond donors (Lipinski definition) is 2. The van der Waals surface area contributed by atoms with Gasteiger partial charge in [0.25, 0.3) is 0 Å². The van der Waals surface area contributed by atoms with Crippen LogP contribution >= 0.6 is 0 Å². The van der Waals surface area contributed by atoms with Crippen molar-refractivity contribution in [3.8, 4) is 0 Å². The molecule has 0 aromatic heterocycles. The second kappa shape index (κ2) is 5.84. The molecule has 5 heteroatoms. The second-order valence-electron chi connectivity index (χ2n) is 4.32. The molecular formula is C11H19NO4. The lowest BCUT2D eigenvalue weighted by Gasteiger charge is -2.30. The molecule has 0 aromatic carbocycles. The van der Waals surface area contributed by atoms with Crippen LogP contribution in [0.1, 0.15) is 25.7 Å². The quantitative estimate of drug-likeness (QED) is 0.728. The summed E-state index contributed by atoms with van der Waals surface area (Å²) in [7, 11) is 1.60.